The summed E-state index contributed by atoms with van der Waals surface area (Å²) in [6.45, 7) is -2.72. The Labute approximate surface area is 223 Å². The molecule has 2 aromatic heterocycles. The lowest BCUT2D eigenvalue weighted by Crippen LogP contribution is -2.30. The van der Waals surface area contributed by atoms with Crippen LogP contribution in [0, 0.1) is 11.3 Å². The van der Waals surface area contributed by atoms with Crippen molar-refractivity contribution in [1.29, 1.82) is 5.26 Å². The van der Waals surface area contributed by atoms with Gasteiger partial charge in [0.15, 0.2) is 0 Å². The lowest BCUT2D eigenvalue weighted by atomic mass is 9.96. The lowest BCUT2D eigenvalue weighted by molar-refractivity contribution is 0.0640. The first-order valence-electron chi connectivity index (χ1n) is 12.4. The summed E-state index contributed by atoms with van der Waals surface area (Å²) in [6, 6.07) is 18.0. The summed E-state index contributed by atoms with van der Waals surface area (Å²) >= 11 is 6.28. The van der Waals surface area contributed by atoms with Gasteiger partial charge in [0, 0.05) is 23.6 Å². The Hall–Kier alpha value is -5.07. The zero-order chi connectivity index (χ0) is 28.3. The summed E-state index contributed by atoms with van der Waals surface area (Å²) in [5.74, 6) is -1.61. The summed E-state index contributed by atoms with van der Waals surface area (Å²) < 4.78 is 19.4. The van der Waals surface area contributed by atoms with Gasteiger partial charge < -0.3 is 0 Å². The highest BCUT2D eigenvalue weighted by Gasteiger charge is 2.35. The van der Waals surface area contributed by atoms with Gasteiger partial charge >= 0.3 is 0 Å². The van der Waals surface area contributed by atoms with Gasteiger partial charge in [-0.25, -0.2) is 5.10 Å². The van der Waals surface area contributed by atoms with Crippen molar-refractivity contribution in [3.05, 3.63) is 105 Å². The van der Waals surface area contributed by atoms with Crippen LogP contribution in [-0.4, -0.2) is 36.7 Å². The standard InChI is InChI=1S/C28H17ClN6O3/c1-34-25(16-7-4-8-23(29)21(16)12-30)22(13-31-34)15-9-10-17-20(11-15)24(32-33-26(17)36)14-35-27(37)18-5-2-3-6-19(18)28(35)38/h2-11,13H,14H2,1H3,(H,33,36)/i14D2. The predicted molar refractivity (Wildman–Crippen MR) is 140 cm³/mol. The molecule has 1 N–H and O–H groups in total. The van der Waals surface area contributed by atoms with E-state index in [1.54, 1.807) is 60.4 Å². The number of H-pyrrole nitrogens is 1. The molecule has 38 heavy (non-hydrogen) atoms. The van der Waals surface area contributed by atoms with Crippen LogP contribution in [0.15, 0.2) is 71.7 Å². The van der Waals surface area contributed by atoms with Gasteiger partial charge in [-0.1, -0.05) is 41.9 Å². The molecule has 3 heterocycles. The molecule has 0 fully saturated rings. The fourth-order valence-electron chi connectivity index (χ4n) is 4.62. The number of halogens is 1. The number of fused-ring (bicyclic) bond motifs is 2. The fraction of sp³-hybridized carbons (Fsp3) is 0.0714. The van der Waals surface area contributed by atoms with Crippen LogP contribution in [-0.2, 0) is 13.5 Å². The minimum atomic E-state index is -2.72. The minimum absolute atomic E-state index is 0.0839. The molecule has 0 saturated heterocycles. The van der Waals surface area contributed by atoms with Gasteiger partial charge in [-0.05, 0) is 35.9 Å². The Kier molecular flexibility index (Phi) is 4.87. The first kappa shape index (κ1) is 21.1. The highest BCUT2D eigenvalue weighted by Crippen LogP contribution is 2.37. The molecule has 0 unspecified atom stereocenters. The maximum atomic E-state index is 13.1. The molecule has 1 aliphatic rings. The number of carbonyl (C=O) groups excluding carboxylic acids is 2. The molecule has 5 aromatic rings. The average molecular weight is 523 g/mol. The van der Waals surface area contributed by atoms with Gasteiger partial charge in [0.1, 0.15) is 6.07 Å². The second kappa shape index (κ2) is 8.80. The number of hydrogen-bond donors (Lipinski definition) is 1. The topological polar surface area (TPSA) is 125 Å². The molecule has 9 nitrogen and oxygen atoms in total. The largest absolute Gasteiger partial charge is 0.272 e. The summed E-state index contributed by atoms with van der Waals surface area (Å²) in [5.41, 5.74) is 1.76. The number of amides is 2. The molecule has 0 bridgehead atoms. The van der Waals surface area contributed by atoms with Gasteiger partial charge in [-0.2, -0.15) is 15.5 Å². The Morgan fingerprint density at radius 3 is 2.39 bits per heavy atom. The molecule has 3 aromatic carbocycles. The van der Waals surface area contributed by atoms with Gasteiger partial charge in [-0.3, -0.25) is 24.0 Å². The smallest absolute Gasteiger partial charge is 0.269 e. The van der Waals surface area contributed by atoms with Crippen molar-refractivity contribution in [2.75, 3.05) is 0 Å². The maximum absolute atomic E-state index is 13.1. The van der Waals surface area contributed by atoms with E-state index in [1.807, 2.05) is 0 Å². The fourth-order valence-corrected chi connectivity index (χ4v) is 4.83. The molecule has 0 atom stereocenters. The monoisotopic (exact) mass is 522 g/mol. The van der Waals surface area contributed by atoms with Crippen molar-refractivity contribution in [2.24, 2.45) is 7.05 Å². The van der Waals surface area contributed by atoms with E-state index in [9.17, 15) is 19.6 Å². The van der Waals surface area contributed by atoms with Gasteiger partial charge in [0.25, 0.3) is 17.4 Å². The second-order valence-corrected chi connectivity index (χ2v) is 8.98. The number of aromatic nitrogens is 4. The number of aryl methyl sites for hydroxylation is 1. The van der Waals surface area contributed by atoms with Crippen LogP contribution in [0.3, 0.4) is 0 Å². The average Bonchev–Trinajstić information content (AvgIpc) is 3.45. The molecular formula is C28H17ClN6O3. The SMILES string of the molecule is [2H]C([2H])(c1n[nH]c(=O)c2ccc(-c3cnn(C)c3-c3cccc(Cl)c3C#N)cc12)N1C(=O)c2ccccc2C1=O. The van der Waals surface area contributed by atoms with Crippen molar-refractivity contribution < 1.29 is 12.3 Å². The van der Waals surface area contributed by atoms with Gasteiger partial charge in [-0.15, -0.1) is 0 Å². The summed E-state index contributed by atoms with van der Waals surface area (Å²) in [7, 11) is 1.71. The van der Waals surface area contributed by atoms with Crippen molar-refractivity contribution in [3.63, 3.8) is 0 Å². The first-order chi connectivity index (χ1) is 19.1. The van der Waals surface area contributed by atoms with E-state index in [1.165, 1.54) is 18.2 Å². The molecule has 184 valence electrons. The number of benzene rings is 3. The highest BCUT2D eigenvalue weighted by atomic mass is 35.5. The van der Waals surface area contributed by atoms with Crippen LogP contribution in [0.5, 0.6) is 0 Å². The number of hydrogen-bond acceptors (Lipinski definition) is 6. The van der Waals surface area contributed by atoms with E-state index in [2.05, 4.69) is 21.4 Å². The normalized spacial score (nSPS) is 13.9. The molecule has 10 heteroatoms. The number of rotatable bonds is 4. The Morgan fingerprint density at radius 1 is 0.974 bits per heavy atom. The van der Waals surface area contributed by atoms with Crippen LogP contribution in [0.25, 0.3) is 33.2 Å². The molecule has 0 aliphatic carbocycles. The Balaban J connectivity index is 1.55. The molecule has 1 aliphatic heterocycles. The number of aromatic amines is 1. The van der Waals surface area contributed by atoms with Crippen molar-refractivity contribution in [2.45, 2.75) is 6.50 Å². The van der Waals surface area contributed by atoms with Crippen LogP contribution in [0.2, 0.25) is 5.02 Å². The van der Waals surface area contributed by atoms with Crippen molar-refractivity contribution in [3.8, 4) is 28.5 Å². The third kappa shape index (κ3) is 3.50. The van der Waals surface area contributed by atoms with Crippen LogP contribution in [0.1, 0.15) is 34.7 Å². The van der Waals surface area contributed by atoms with Gasteiger partial charge in [0.2, 0.25) is 0 Å². The first-order valence-corrected chi connectivity index (χ1v) is 11.7. The van der Waals surface area contributed by atoms with Crippen LogP contribution >= 0.6 is 11.6 Å². The molecule has 0 radical (unpaired) electrons. The zero-order valence-electron chi connectivity index (χ0n) is 21.7. The minimum Gasteiger partial charge on any atom is -0.269 e. The predicted octanol–water partition coefficient (Wildman–Crippen LogP) is 4.31. The number of nitrogens with zero attached hydrogens (tertiary/aromatic N) is 5. The number of carbonyl (C=O) groups is 2. The summed E-state index contributed by atoms with van der Waals surface area (Å²) in [4.78, 5) is 39.5. The zero-order valence-corrected chi connectivity index (χ0v) is 20.4. The molecule has 0 saturated carbocycles. The van der Waals surface area contributed by atoms with E-state index in [0.717, 1.165) is 0 Å². The van der Waals surface area contributed by atoms with Crippen LogP contribution in [0.4, 0.5) is 0 Å². The number of nitriles is 1. The number of imide groups is 1. The summed E-state index contributed by atoms with van der Waals surface area (Å²) in [5, 5.41) is 20.9. The molecule has 0 spiro atoms. The van der Waals surface area contributed by atoms with Crippen molar-refractivity contribution in [1.82, 2.24) is 24.9 Å². The van der Waals surface area contributed by atoms with E-state index < -0.39 is 23.9 Å². The third-order valence-corrected chi connectivity index (χ3v) is 6.75. The molecular weight excluding hydrogens is 504 g/mol. The number of nitrogens with one attached hydrogen (secondary N) is 1. The van der Waals surface area contributed by atoms with E-state index >= 15 is 0 Å². The van der Waals surface area contributed by atoms with Gasteiger partial charge in [0.05, 0.1) is 53.9 Å². The lowest BCUT2D eigenvalue weighted by Gasteiger charge is -2.15. The van der Waals surface area contributed by atoms with E-state index in [-0.39, 0.29) is 38.2 Å². The third-order valence-electron chi connectivity index (χ3n) is 6.43. The Bertz CT molecular complexity index is 1970. The van der Waals surface area contributed by atoms with Crippen LogP contribution < -0.4 is 5.56 Å². The summed E-state index contributed by atoms with van der Waals surface area (Å²) in [6.07, 6.45) is 1.58. The second-order valence-electron chi connectivity index (χ2n) is 8.57. The van der Waals surface area contributed by atoms with Crippen molar-refractivity contribution >= 4 is 34.2 Å². The quantitative estimate of drug-likeness (QED) is 0.351. The Morgan fingerprint density at radius 2 is 1.68 bits per heavy atom. The maximum Gasteiger partial charge on any atom is 0.272 e. The van der Waals surface area contributed by atoms with E-state index in [4.69, 9.17) is 14.3 Å². The molecule has 2 amide bonds. The van der Waals surface area contributed by atoms with E-state index in [0.29, 0.717) is 27.3 Å². The highest BCUT2D eigenvalue weighted by molar-refractivity contribution is 6.32. The molecule has 6 rings (SSSR count).